The molecule has 27 heavy (non-hydrogen) atoms. The number of hydrogen-bond acceptors (Lipinski definition) is 3. The summed E-state index contributed by atoms with van der Waals surface area (Å²) in [5.41, 5.74) is 1.99. The number of amides is 1. The van der Waals surface area contributed by atoms with Crippen LogP contribution in [0.5, 0.6) is 0 Å². The van der Waals surface area contributed by atoms with Crippen LogP contribution in [0.4, 0.5) is 0 Å². The van der Waals surface area contributed by atoms with Crippen molar-refractivity contribution in [3.63, 3.8) is 0 Å². The molecule has 1 amide bonds. The van der Waals surface area contributed by atoms with Gasteiger partial charge >= 0.3 is 0 Å². The summed E-state index contributed by atoms with van der Waals surface area (Å²) in [6.07, 6.45) is 3.40. The van der Waals surface area contributed by atoms with Gasteiger partial charge in [-0.1, -0.05) is 41.4 Å². The van der Waals surface area contributed by atoms with Gasteiger partial charge in [0.05, 0.1) is 17.8 Å². The van der Waals surface area contributed by atoms with Crippen molar-refractivity contribution in [2.75, 3.05) is 26.7 Å². The molecule has 1 N–H and O–H groups in total. The summed E-state index contributed by atoms with van der Waals surface area (Å²) in [7, 11) is 2.16. The Hall–Kier alpha value is -1.56. The summed E-state index contributed by atoms with van der Waals surface area (Å²) >= 11 is 12.7. The molecule has 1 aliphatic rings. The lowest BCUT2D eigenvalue weighted by Gasteiger charge is -2.28. The summed E-state index contributed by atoms with van der Waals surface area (Å²) in [5.74, 6) is 0.525. The minimum absolute atomic E-state index is 0.157. The van der Waals surface area contributed by atoms with Gasteiger partial charge in [-0.15, -0.1) is 0 Å². The average molecular weight is 409 g/mol. The van der Waals surface area contributed by atoms with Gasteiger partial charge in [0, 0.05) is 11.6 Å². The zero-order chi connectivity index (χ0) is 19.4. The van der Waals surface area contributed by atoms with Gasteiger partial charge in [-0.2, -0.15) is 5.10 Å². The molecule has 5 nitrogen and oxygen atoms in total. The number of nitrogens with one attached hydrogen (secondary N) is 1. The number of piperidine rings is 1. The Morgan fingerprint density at radius 1 is 1.26 bits per heavy atom. The molecule has 1 fully saturated rings. The van der Waals surface area contributed by atoms with Crippen molar-refractivity contribution in [3.8, 4) is 0 Å². The number of carbonyl (C=O) groups excluding carboxylic acids is 1. The third-order valence-electron chi connectivity index (χ3n) is 5.25. The van der Waals surface area contributed by atoms with E-state index >= 15 is 0 Å². The third kappa shape index (κ3) is 5.03. The number of hydrogen-bond donors (Lipinski definition) is 1. The summed E-state index contributed by atoms with van der Waals surface area (Å²) in [6, 6.07) is 7.56. The average Bonchev–Trinajstić information content (AvgIpc) is 2.92. The number of benzene rings is 1. The zero-order valence-corrected chi connectivity index (χ0v) is 17.4. The second-order valence-corrected chi connectivity index (χ2v) is 8.06. The van der Waals surface area contributed by atoms with Crippen molar-refractivity contribution < 1.29 is 4.79 Å². The Balaban J connectivity index is 1.60. The fourth-order valence-electron chi connectivity index (χ4n) is 3.53. The van der Waals surface area contributed by atoms with Crippen LogP contribution in [-0.4, -0.2) is 47.3 Å². The molecule has 0 saturated carbocycles. The van der Waals surface area contributed by atoms with E-state index in [0.717, 1.165) is 25.1 Å². The number of rotatable bonds is 6. The van der Waals surface area contributed by atoms with Crippen LogP contribution < -0.4 is 5.32 Å². The predicted molar refractivity (Wildman–Crippen MR) is 110 cm³/mol. The largest absolute Gasteiger partial charge is 0.352 e. The summed E-state index contributed by atoms with van der Waals surface area (Å²) in [5, 5.41) is 8.45. The van der Waals surface area contributed by atoms with Gasteiger partial charge in [-0.3, -0.25) is 4.79 Å². The Morgan fingerprint density at radius 3 is 2.67 bits per heavy atom. The maximum atomic E-state index is 12.6. The topological polar surface area (TPSA) is 50.2 Å². The molecule has 1 saturated heterocycles. The first-order chi connectivity index (χ1) is 13.0. The van der Waals surface area contributed by atoms with Gasteiger partial charge in [-0.25, -0.2) is 4.68 Å². The second-order valence-electron chi connectivity index (χ2n) is 7.29. The van der Waals surface area contributed by atoms with Crippen LogP contribution in [0.2, 0.25) is 10.2 Å². The number of aromatic nitrogens is 2. The molecular weight excluding hydrogens is 383 g/mol. The molecule has 0 aliphatic carbocycles. The third-order valence-corrected chi connectivity index (χ3v) is 6.00. The molecule has 0 unspecified atom stereocenters. The van der Waals surface area contributed by atoms with Crippen molar-refractivity contribution in [1.29, 1.82) is 0 Å². The smallest absolute Gasteiger partial charge is 0.256 e. The Labute approximate surface area is 170 Å². The van der Waals surface area contributed by atoms with E-state index in [1.165, 1.54) is 12.8 Å². The number of halogens is 2. The van der Waals surface area contributed by atoms with E-state index in [4.69, 9.17) is 23.2 Å². The van der Waals surface area contributed by atoms with E-state index < -0.39 is 0 Å². The van der Waals surface area contributed by atoms with Crippen molar-refractivity contribution >= 4 is 29.1 Å². The molecule has 3 rings (SSSR count). The van der Waals surface area contributed by atoms with Crippen LogP contribution in [0.15, 0.2) is 24.3 Å². The minimum Gasteiger partial charge on any atom is -0.352 e. The first-order valence-electron chi connectivity index (χ1n) is 9.38. The van der Waals surface area contributed by atoms with E-state index in [0.29, 0.717) is 40.4 Å². The lowest BCUT2D eigenvalue weighted by molar-refractivity contribution is 0.0948. The monoisotopic (exact) mass is 408 g/mol. The van der Waals surface area contributed by atoms with Crippen molar-refractivity contribution in [1.82, 2.24) is 20.0 Å². The molecule has 7 heteroatoms. The number of aryl methyl sites for hydroxylation is 1. The summed E-state index contributed by atoms with van der Waals surface area (Å²) < 4.78 is 1.63. The van der Waals surface area contributed by atoms with Crippen LogP contribution in [0, 0.1) is 12.8 Å². The Morgan fingerprint density at radius 2 is 1.96 bits per heavy atom. The molecule has 146 valence electrons. The van der Waals surface area contributed by atoms with Crippen molar-refractivity contribution in [2.45, 2.75) is 32.7 Å². The fraction of sp³-hybridized carbons (Fsp3) is 0.500. The summed E-state index contributed by atoms with van der Waals surface area (Å²) in [4.78, 5) is 15.0. The molecular formula is C20H26Cl2N4O. The van der Waals surface area contributed by atoms with E-state index in [2.05, 4.69) is 22.4 Å². The first-order valence-corrected chi connectivity index (χ1v) is 10.1. The molecule has 2 heterocycles. The maximum Gasteiger partial charge on any atom is 0.256 e. The molecule has 1 aromatic heterocycles. The number of carbonyl (C=O) groups is 1. The van der Waals surface area contributed by atoms with E-state index in [1.807, 2.05) is 24.3 Å². The number of likely N-dealkylation sites (tertiary alicyclic amines) is 1. The molecule has 1 aliphatic heterocycles. The second kappa shape index (κ2) is 9.09. The van der Waals surface area contributed by atoms with Crippen molar-refractivity contribution in [2.24, 2.45) is 5.92 Å². The highest BCUT2D eigenvalue weighted by atomic mass is 35.5. The zero-order valence-electron chi connectivity index (χ0n) is 15.8. The van der Waals surface area contributed by atoms with Crippen LogP contribution in [-0.2, 0) is 6.54 Å². The van der Waals surface area contributed by atoms with Gasteiger partial charge in [0.1, 0.15) is 5.15 Å². The Kier molecular flexibility index (Phi) is 6.79. The van der Waals surface area contributed by atoms with E-state index in [-0.39, 0.29) is 5.91 Å². The van der Waals surface area contributed by atoms with Gasteiger partial charge in [0.15, 0.2) is 0 Å². The first kappa shape index (κ1) is 20.2. The highest BCUT2D eigenvalue weighted by Crippen LogP contribution is 2.24. The quantitative estimate of drug-likeness (QED) is 0.785. The minimum atomic E-state index is -0.157. The fourth-order valence-corrected chi connectivity index (χ4v) is 4.05. The molecule has 0 radical (unpaired) electrons. The van der Waals surface area contributed by atoms with Crippen LogP contribution in [0.1, 0.15) is 40.9 Å². The van der Waals surface area contributed by atoms with E-state index in [1.54, 1.807) is 11.6 Å². The van der Waals surface area contributed by atoms with Crippen LogP contribution >= 0.6 is 23.2 Å². The molecule has 2 aromatic rings. The molecule has 1 aromatic carbocycles. The normalized spacial score (nSPS) is 15.9. The standard InChI is InChI=1S/C20H26Cl2N4O/c1-14-18(20(27)23-10-7-15-8-11-25(2)12-9-15)19(22)26(24-14)13-16-5-3-4-6-17(16)21/h3-6,15H,7-13H2,1-2H3,(H,23,27). The van der Waals surface area contributed by atoms with Gasteiger partial charge in [0.25, 0.3) is 5.91 Å². The Bertz CT molecular complexity index is 797. The molecule has 0 atom stereocenters. The van der Waals surface area contributed by atoms with Gasteiger partial charge in [0.2, 0.25) is 0 Å². The predicted octanol–water partition coefficient (Wildman–Crippen LogP) is 4.01. The maximum absolute atomic E-state index is 12.6. The van der Waals surface area contributed by atoms with Crippen LogP contribution in [0.25, 0.3) is 0 Å². The highest BCUT2D eigenvalue weighted by molar-refractivity contribution is 6.33. The van der Waals surface area contributed by atoms with Crippen LogP contribution in [0.3, 0.4) is 0 Å². The molecule has 0 spiro atoms. The molecule has 0 bridgehead atoms. The van der Waals surface area contributed by atoms with Crippen molar-refractivity contribution in [3.05, 3.63) is 51.3 Å². The highest BCUT2D eigenvalue weighted by Gasteiger charge is 2.21. The summed E-state index contributed by atoms with van der Waals surface area (Å²) in [6.45, 7) is 5.18. The lowest BCUT2D eigenvalue weighted by atomic mass is 9.94. The number of nitrogens with zero attached hydrogens (tertiary/aromatic N) is 3. The van der Waals surface area contributed by atoms with E-state index in [9.17, 15) is 4.79 Å². The van der Waals surface area contributed by atoms with Gasteiger partial charge < -0.3 is 10.2 Å². The lowest BCUT2D eigenvalue weighted by Crippen LogP contribution is -2.32. The SMILES string of the molecule is Cc1nn(Cc2ccccc2Cl)c(Cl)c1C(=O)NCCC1CCN(C)CC1. The van der Waals surface area contributed by atoms with Gasteiger partial charge in [-0.05, 0) is 63.9 Å².